The predicted molar refractivity (Wildman–Crippen MR) is 76.6 cm³/mol. The zero-order valence-electron chi connectivity index (χ0n) is 13.0. The fourth-order valence-corrected chi connectivity index (χ4v) is 2.03. The van der Waals surface area contributed by atoms with E-state index in [2.05, 4.69) is 9.47 Å². The van der Waals surface area contributed by atoms with Crippen LogP contribution in [0.1, 0.15) is 44.1 Å². The van der Waals surface area contributed by atoms with E-state index in [-0.39, 0.29) is 24.8 Å². The van der Waals surface area contributed by atoms with Crippen LogP contribution >= 0.6 is 0 Å². The number of hydrogen-bond acceptors (Lipinski definition) is 4. The van der Waals surface area contributed by atoms with E-state index in [1.165, 1.54) is 18.2 Å². The van der Waals surface area contributed by atoms with Gasteiger partial charge in [-0.1, -0.05) is 25.1 Å². The zero-order valence-corrected chi connectivity index (χ0v) is 13.0. The van der Waals surface area contributed by atoms with Gasteiger partial charge in [0.05, 0.1) is 12.0 Å². The summed E-state index contributed by atoms with van der Waals surface area (Å²) in [7, 11) is 0. The van der Waals surface area contributed by atoms with Crippen LogP contribution in [0, 0.1) is 11.3 Å². The lowest BCUT2D eigenvalue weighted by Gasteiger charge is -2.16. The first kappa shape index (κ1) is 19.7. The highest BCUT2D eigenvalue weighted by atomic mass is 19.4. The van der Waals surface area contributed by atoms with E-state index in [1.807, 2.05) is 6.07 Å². The summed E-state index contributed by atoms with van der Waals surface area (Å²) in [6.45, 7) is 1.73. The zero-order chi connectivity index (χ0) is 18.2. The standard InChI is InChI=1S/C16H17F4NO3/c1-2-5-14(17)23-15(22)9-8-11(10-21)12-6-3-4-7-13(12)24-16(18,19)20/h3-4,6-7,11,14H,2,5,8-9H2,1H3. The Labute approximate surface area is 137 Å². The summed E-state index contributed by atoms with van der Waals surface area (Å²) in [6, 6.07) is 7.03. The van der Waals surface area contributed by atoms with Gasteiger partial charge in [0.15, 0.2) is 0 Å². The first-order valence-corrected chi connectivity index (χ1v) is 7.34. The molecule has 0 fully saturated rings. The van der Waals surface area contributed by atoms with Gasteiger partial charge in [0.2, 0.25) is 6.36 Å². The average Bonchev–Trinajstić information content (AvgIpc) is 2.48. The fraction of sp³-hybridized carbons (Fsp3) is 0.500. The van der Waals surface area contributed by atoms with Crippen molar-refractivity contribution in [1.82, 2.24) is 0 Å². The highest BCUT2D eigenvalue weighted by Gasteiger charge is 2.33. The molecule has 0 spiro atoms. The Bertz CT molecular complexity index is 583. The van der Waals surface area contributed by atoms with Crippen LogP contribution in [0.15, 0.2) is 24.3 Å². The van der Waals surface area contributed by atoms with E-state index in [0.717, 1.165) is 6.07 Å². The van der Waals surface area contributed by atoms with Gasteiger partial charge in [0.1, 0.15) is 5.75 Å². The van der Waals surface area contributed by atoms with Crippen LogP contribution in [0.4, 0.5) is 17.6 Å². The van der Waals surface area contributed by atoms with Gasteiger partial charge in [-0.25, -0.2) is 4.39 Å². The molecule has 132 valence electrons. The van der Waals surface area contributed by atoms with Gasteiger partial charge in [-0.15, -0.1) is 13.2 Å². The molecule has 0 aliphatic rings. The number of esters is 1. The van der Waals surface area contributed by atoms with E-state index >= 15 is 0 Å². The molecule has 0 aromatic heterocycles. The Morgan fingerprint density at radius 3 is 2.54 bits per heavy atom. The number of hydrogen-bond donors (Lipinski definition) is 0. The number of para-hydroxylation sites is 1. The Kier molecular flexibility index (Phi) is 7.49. The van der Waals surface area contributed by atoms with Crippen LogP contribution in [0.25, 0.3) is 0 Å². The number of benzene rings is 1. The molecule has 1 rings (SSSR count). The number of ether oxygens (including phenoxy) is 2. The first-order valence-electron chi connectivity index (χ1n) is 7.34. The Morgan fingerprint density at radius 1 is 1.29 bits per heavy atom. The van der Waals surface area contributed by atoms with E-state index in [1.54, 1.807) is 6.92 Å². The quantitative estimate of drug-likeness (QED) is 0.509. The van der Waals surface area contributed by atoms with E-state index in [4.69, 9.17) is 5.26 Å². The van der Waals surface area contributed by atoms with Crippen LogP contribution in [0.3, 0.4) is 0 Å². The molecule has 2 atom stereocenters. The minimum absolute atomic E-state index is 0.00971. The highest BCUT2D eigenvalue weighted by Crippen LogP contribution is 2.33. The molecule has 0 aliphatic heterocycles. The molecule has 8 heteroatoms. The normalized spacial score (nSPS) is 13.7. The van der Waals surface area contributed by atoms with Crippen LogP contribution in [0.5, 0.6) is 5.75 Å². The summed E-state index contributed by atoms with van der Waals surface area (Å²) >= 11 is 0. The van der Waals surface area contributed by atoms with Crippen LogP contribution in [-0.4, -0.2) is 18.7 Å². The SMILES string of the molecule is CCCC(F)OC(=O)CCC(C#N)c1ccccc1OC(F)(F)F. The monoisotopic (exact) mass is 347 g/mol. The second-order valence-electron chi connectivity index (χ2n) is 4.99. The van der Waals surface area contributed by atoms with Crippen molar-refractivity contribution in [3.8, 4) is 11.8 Å². The first-order chi connectivity index (χ1) is 11.3. The van der Waals surface area contributed by atoms with Gasteiger partial charge in [-0.05, 0) is 18.9 Å². The largest absolute Gasteiger partial charge is 0.573 e. The molecule has 0 bridgehead atoms. The van der Waals surface area contributed by atoms with Crippen molar-refractivity contribution < 1.29 is 31.8 Å². The van der Waals surface area contributed by atoms with Crippen molar-refractivity contribution >= 4 is 5.97 Å². The van der Waals surface area contributed by atoms with Crippen molar-refractivity contribution in [3.05, 3.63) is 29.8 Å². The molecule has 0 radical (unpaired) electrons. The van der Waals surface area contributed by atoms with Crippen molar-refractivity contribution in [3.63, 3.8) is 0 Å². The van der Waals surface area contributed by atoms with E-state index < -0.39 is 30.4 Å². The number of rotatable bonds is 8. The summed E-state index contributed by atoms with van der Waals surface area (Å²) in [6.07, 6.45) is -6.44. The van der Waals surface area contributed by atoms with Crippen molar-refractivity contribution in [1.29, 1.82) is 5.26 Å². The van der Waals surface area contributed by atoms with Gasteiger partial charge in [-0.2, -0.15) is 5.26 Å². The Hall–Kier alpha value is -2.30. The molecule has 24 heavy (non-hydrogen) atoms. The molecule has 4 nitrogen and oxygen atoms in total. The van der Waals surface area contributed by atoms with Gasteiger partial charge in [-0.3, -0.25) is 4.79 Å². The predicted octanol–water partition coefficient (Wildman–Crippen LogP) is 4.61. The van der Waals surface area contributed by atoms with E-state index in [9.17, 15) is 22.4 Å². The third-order valence-electron chi connectivity index (χ3n) is 3.09. The third kappa shape index (κ3) is 6.86. The smallest absolute Gasteiger partial charge is 0.431 e. The number of carbonyl (C=O) groups is 1. The number of halogens is 4. The van der Waals surface area contributed by atoms with Gasteiger partial charge in [0.25, 0.3) is 0 Å². The third-order valence-corrected chi connectivity index (χ3v) is 3.09. The molecular weight excluding hydrogens is 330 g/mol. The summed E-state index contributed by atoms with van der Waals surface area (Å²) in [5.41, 5.74) is 0.00971. The van der Waals surface area contributed by atoms with Crippen molar-refractivity contribution in [2.45, 2.75) is 51.2 Å². The Balaban J connectivity index is 2.74. The number of nitrogens with zero attached hydrogens (tertiary/aromatic N) is 1. The highest BCUT2D eigenvalue weighted by molar-refractivity contribution is 5.69. The second kappa shape index (κ2) is 9.11. The molecule has 1 aromatic rings. The topological polar surface area (TPSA) is 59.3 Å². The molecule has 0 N–H and O–H groups in total. The number of alkyl halides is 4. The lowest BCUT2D eigenvalue weighted by Crippen LogP contribution is -2.19. The fourth-order valence-electron chi connectivity index (χ4n) is 2.03. The minimum Gasteiger partial charge on any atom is -0.431 e. The maximum absolute atomic E-state index is 13.2. The van der Waals surface area contributed by atoms with Crippen LogP contribution < -0.4 is 4.74 Å². The van der Waals surface area contributed by atoms with Crippen LogP contribution in [0.2, 0.25) is 0 Å². The molecule has 2 unspecified atom stereocenters. The molecule has 0 saturated carbocycles. The summed E-state index contributed by atoms with van der Waals surface area (Å²) in [5, 5.41) is 9.17. The molecule has 0 heterocycles. The van der Waals surface area contributed by atoms with Crippen LogP contribution in [-0.2, 0) is 9.53 Å². The molecular formula is C16H17F4NO3. The Morgan fingerprint density at radius 2 is 1.96 bits per heavy atom. The molecule has 1 aromatic carbocycles. The summed E-state index contributed by atoms with van der Waals surface area (Å²) in [5.74, 6) is -2.36. The number of nitriles is 1. The number of carbonyl (C=O) groups excluding carboxylic acids is 1. The van der Waals surface area contributed by atoms with E-state index in [0.29, 0.717) is 6.42 Å². The summed E-state index contributed by atoms with van der Waals surface area (Å²) < 4.78 is 58.8. The lowest BCUT2D eigenvalue weighted by atomic mass is 9.95. The average molecular weight is 347 g/mol. The van der Waals surface area contributed by atoms with Crippen molar-refractivity contribution in [2.75, 3.05) is 0 Å². The van der Waals surface area contributed by atoms with Gasteiger partial charge >= 0.3 is 12.3 Å². The molecule has 0 amide bonds. The van der Waals surface area contributed by atoms with Gasteiger partial charge < -0.3 is 9.47 Å². The molecule has 0 aliphatic carbocycles. The van der Waals surface area contributed by atoms with Crippen molar-refractivity contribution in [2.24, 2.45) is 0 Å². The van der Waals surface area contributed by atoms with Gasteiger partial charge in [0, 0.05) is 18.4 Å². The minimum atomic E-state index is -4.89. The second-order valence-corrected chi connectivity index (χ2v) is 4.99. The molecule has 0 saturated heterocycles. The maximum Gasteiger partial charge on any atom is 0.573 e. The summed E-state index contributed by atoms with van der Waals surface area (Å²) in [4.78, 5) is 11.5. The maximum atomic E-state index is 13.2. The lowest BCUT2D eigenvalue weighted by molar-refractivity contribution is -0.275.